The molecule has 37 heavy (non-hydrogen) atoms. The molecule has 1 aromatic carbocycles. The number of hydrogen-bond donors (Lipinski definition) is 2. The number of aromatic amines is 1. The molecule has 3 heterocycles. The Balaban J connectivity index is 1.50. The minimum atomic E-state index is -0.742. The Morgan fingerprint density at radius 2 is 1.86 bits per heavy atom. The number of anilines is 1. The Kier molecular flexibility index (Phi) is 7.82. The molecule has 2 aliphatic heterocycles. The number of Topliss-reactive ketones (excluding diaryl/α,β-unsaturated/α-hetero) is 1. The van der Waals surface area contributed by atoms with Crippen molar-refractivity contribution in [3.63, 3.8) is 0 Å². The van der Waals surface area contributed by atoms with Gasteiger partial charge in [0.15, 0.2) is 11.6 Å². The van der Waals surface area contributed by atoms with E-state index in [2.05, 4.69) is 16.9 Å². The molecule has 0 aliphatic carbocycles. The first-order valence-electron chi connectivity index (χ1n) is 12.1. The van der Waals surface area contributed by atoms with Crippen LogP contribution in [-0.2, 0) is 16.0 Å². The SMILES string of the molecule is CN1C(=O)C(C(=O)Cc2cccc(Sc3cnc(N4CCC(C)(CN)CC4)c(=O)[nH]3)c2Cl)=C(Cl)C1(C)C. The Hall–Kier alpha value is -2.33. The van der Waals surface area contributed by atoms with Crippen molar-refractivity contribution in [2.24, 2.45) is 11.1 Å². The molecule has 1 amide bonds. The lowest BCUT2D eigenvalue weighted by atomic mass is 9.80. The highest BCUT2D eigenvalue weighted by Gasteiger charge is 2.44. The summed E-state index contributed by atoms with van der Waals surface area (Å²) in [4.78, 5) is 50.0. The second kappa shape index (κ2) is 10.4. The van der Waals surface area contributed by atoms with Crippen molar-refractivity contribution in [3.05, 3.63) is 55.9 Å². The topological polar surface area (TPSA) is 112 Å². The van der Waals surface area contributed by atoms with Gasteiger partial charge in [-0.05, 0) is 50.3 Å². The minimum absolute atomic E-state index is 0.00287. The number of benzene rings is 1. The predicted octanol–water partition coefficient (Wildman–Crippen LogP) is 3.99. The Bertz CT molecular complexity index is 1330. The number of rotatable bonds is 7. The lowest BCUT2D eigenvalue weighted by molar-refractivity contribution is -0.129. The quantitative estimate of drug-likeness (QED) is 0.489. The number of carbonyl (C=O) groups excluding carboxylic acids is 2. The number of aromatic nitrogens is 2. The zero-order valence-corrected chi connectivity index (χ0v) is 23.7. The molecule has 2 aromatic rings. The minimum Gasteiger partial charge on any atom is -0.352 e. The molecule has 4 rings (SSSR count). The van der Waals surface area contributed by atoms with E-state index in [1.165, 1.54) is 16.7 Å². The van der Waals surface area contributed by atoms with E-state index in [1.807, 2.05) is 4.90 Å². The number of amides is 1. The smallest absolute Gasteiger partial charge is 0.291 e. The van der Waals surface area contributed by atoms with Gasteiger partial charge in [-0.2, -0.15) is 0 Å². The molecule has 0 spiro atoms. The third kappa shape index (κ3) is 5.32. The van der Waals surface area contributed by atoms with Crippen LogP contribution in [0.15, 0.2) is 49.7 Å². The standard InChI is InChI=1S/C26H31Cl2N5O3S/c1-25(2)21(28)19(24(36)32(25)4)16(34)12-15-6-5-7-17(20(15)27)37-18-13-30-22(23(35)31-18)33-10-8-26(3,14-29)9-11-33/h5-7,13H,8-12,14,29H2,1-4H3,(H,31,35). The Morgan fingerprint density at radius 1 is 1.19 bits per heavy atom. The fourth-order valence-electron chi connectivity index (χ4n) is 4.48. The van der Waals surface area contributed by atoms with Crippen LogP contribution in [0.5, 0.6) is 0 Å². The van der Waals surface area contributed by atoms with E-state index in [1.54, 1.807) is 45.3 Å². The van der Waals surface area contributed by atoms with Crippen molar-refractivity contribution < 1.29 is 9.59 Å². The average molecular weight is 565 g/mol. The maximum Gasteiger partial charge on any atom is 0.291 e. The van der Waals surface area contributed by atoms with Crippen LogP contribution in [0.4, 0.5) is 5.82 Å². The van der Waals surface area contributed by atoms with E-state index in [0.717, 1.165) is 25.9 Å². The van der Waals surface area contributed by atoms with Gasteiger partial charge >= 0.3 is 0 Å². The molecule has 11 heteroatoms. The van der Waals surface area contributed by atoms with Gasteiger partial charge in [-0.15, -0.1) is 0 Å². The number of halogens is 2. The van der Waals surface area contributed by atoms with Crippen molar-refractivity contribution in [2.75, 3.05) is 31.6 Å². The summed E-state index contributed by atoms with van der Waals surface area (Å²) in [5, 5.41) is 1.14. The fourth-order valence-corrected chi connectivity index (χ4v) is 5.95. The normalized spacial score (nSPS) is 19.1. The van der Waals surface area contributed by atoms with E-state index in [9.17, 15) is 14.4 Å². The largest absolute Gasteiger partial charge is 0.352 e. The molecule has 198 valence electrons. The summed E-state index contributed by atoms with van der Waals surface area (Å²) < 4.78 is 0. The van der Waals surface area contributed by atoms with Crippen molar-refractivity contribution in [1.82, 2.24) is 14.9 Å². The number of nitrogens with zero attached hydrogens (tertiary/aromatic N) is 3. The van der Waals surface area contributed by atoms with Gasteiger partial charge < -0.3 is 20.5 Å². The molecule has 8 nitrogen and oxygen atoms in total. The predicted molar refractivity (Wildman–Crippen MR) is 147 cm³/mol. The highest BCUT2D eigenvalue weighted by Crippen LogP contribution is 2.39. The number of piperidine rings is 1. The Morgan fingerprint density at radius 3 is 2.43 bits per heavy atom. The number of likely N-dealkylation sites (N-methyl/N-ethyl adjacent to an activating group) is 1. The highest BCUT2D eigenvalue weighted by atomic mass is 35.5. The molecular weight excluding hydrogens is 533 g/mol. The summed E-state index contributed by atoms with van der Waals surface area (Å²) in [5.41, 5.74) is 5.55. The lowest BCUT2D eigenvalue weighted by Crippen LogP contribution is -2.44. The first-order valence-corrected chi connectivity index (χ1v) is 13.7. The van der Waals surface area contributed by atoms with Crippen molar-refractivity contribution in [1.29, 1.82) is 0 Å². The third-order valence-corrected chi connectivity index (χ3v) is 9.71. The first kappa shape index (κ1) is 27.7. The number of H-pyrrole nitrogens is 1. The van der Waals surface area contributed by atoms with Crippen molar-refractivity contribution in [2.45, 2.75) is 55.5 Å². The number of carbonyl (C=O) groups is 2. The molecule has 3 N–H and O–H groups in total. The van der Waals surface area contributed by atoms with E-state index >= 15 is 0 Å². The van der Waals surface area contributed by atoms with Crippen LogP contribution >= 0.6 is 35.0 Å². The molecule has 1 aromatic heterocycles. The highest BCUT2D eigenvalue weighted by molar-refractivity contribution is 7.99. The van der Waals surface area contributed by atoms with E-state index in [0.29, 0.717) is 32.9 Å². The van der Waals surface area contributed by atoms with Gasteiger partial charge in [0.25, 0.3) is 11.5 Å². The third-order valence-electron chi connectivity index (χ3n) is 7.51. The van der Waals surface area contributed by atoms with E-state index in [4.69, 9.17) is 28.9 Å². The number of ketones is 1. The second-order valence-corrected chi connectivity index (χ2v) is 12.3. The summed E-state index contributed by atoms with van der Waals surface area (Å²) in [5.74, 6) is -0.386. The van der Waals surface area contributed by atoms with Gasteiger partial charge in [0.1, 0.15) is 0 Å². The van der Waals surface area contributed by atoms with Crippen LogP contribution < -0.4 is 16.2 Å². The molecule has 1 fully saturated rings. The summed E-state index contributed by atoms with van der Waals surface area (Å²) in [7, 11) is 1.62. The van der Waals surface area contributed by atoms with E-state index in [-0.39, 0.29) is 33.8 Å². The molecule has 0 radical (unpaired) electrons. The molecule has 0 unspecified atom stereocenters. The summed E-state index contributed by atoms with van der Waals surface area (Å²) in [6.07, 6.45) is 3.36. The molecule has 0 atom stereocenters. The van der Waals surface area contributed by atoms with Crippen molar-refractivity contribution in [3.8, 4) is 0 Å². The van der Waals surface area contributed by atoms with Gasteiger partial charge in [-0.1, -0.05) is 54.0 Å². The van der Waals surface area contributed by atoms with Crippen LogP contribution in [0.1, 0.15) is 39.2 Å². The van der Waals surface area contributed by atoms with Gasteiger partial charge in [-0.25, -0.2) is 4.98 Å². The van der Waals surface area contributed by atoms with Gasteiger partial charge in [-0.3, -0.25) is 14.4 Å². The zero-order valence-electron chi connectivity index (χ0n) is 21.4. The Labute approximate surface area is 230 Å². The maximum atomic E-state index is 13.1. The molecular formula is C26H31Cl2N5O3S. The first-order chi connectivity index (χ1) is 17.4. The van der Waals surface area contributed by atoms with Crippen LogP contribution in [0.2, 0.25) is 5.02 Å². The molecule has 0 saturated carbocycles. The monoisotopic (exact) mass is 563 g/mol. The van der Waals surface area contributed by atoms with Crippen LogP contribution in [0.25, 0.3) is 0 Å². The van der Waals surface area contributed by atoms with Crippen LogP contribution in [-0.4, -0.2) is 58.8 Å². The molecule has 1 saturated heterocycles. The van der Waals surface area contributed by atoms with Crippen LogP contribution in [0.3, 0.4) is 0 Å². The van der Waals surface area contributed by atoms with Crippen molar-refractivity contribution >= 4 is 52.5 Å². The van der Waals surface area contributed by atoms with Gasteiger partial charge in [0.05, 0.1) is 32.4 Å². The zero-order chi connectivity index (χ0) is 27.1. The number of hydrogen-bond acceptors (Lipinski definition) is 7. The van der Waals surface area contributed by atoms with E-state index < -0.39 is 11.4 Å². The fraction of sp³-hybridized carbons (Fsp3) is 0.462. The second-order valence-electron chi connectivity index (χ2n) is 10.4. The van der Waals surface area contributed by atoms with Crippen LogP contribution in [0, 0.1) is 5.41 Å². The lowest BCUT2D eigenvalue weighted by Gasteiger charge is -2.38. The summed E-state index contributed by atoms with van der Waals surface area (Å²) in [6, 6.07) is 5.32. The maximum absolute atomic E-state index is 13.1. The average Bonchev–Trinajstić information content (AvgIpc) is 3.01. The number of nitrogens with one attached hydrogen (secondary N) is 1. The number of nitrogens with two attached hydrogens (primary N) is 1. The molecule has 0 bridgehead atoms. The summed E-state index contributed by atoms with van der Waals surface area (Å²) >= 11 is 14.3. The molecule has 2 aliphatic rings. The summed E-state index contributed by atoms with van der Waals surface area (Å²) in [6.45, 7) is 7.84. The van der Waals surface area contributed by atoms with Gasteiger partial charge in [0.2, 0.25) is 0 Å². The van der Waals surface area contributed by atoms with Gasteiger partial charge in [0, 0.05) is 31.5 Å².